The number of nitriles is 1. The van der Waals surface area contributed by atoms with Crippen LogP contribution in [0.2, 0.25) is 0 Å². The van der Waals surface area contributed by atoms with Crippen LogP contribution in [0.3, 0.4) is 0 Å². The molecule has 0 radical (unpaired) electrons. The minimum atomic E-state index is 0.00985. The van der Waals surface area contributed by atoms with Gasteiger partial charge in [0.25, 0.3) is 0 Å². The predicted molar refractivity (Wildman–Crippen MR) is 75.8 cm³/mol. The number of hydrogen-bond donors (Lipinski definition) is 1. The van der Waals surface area contributed by atoms with Gasteiger partial charge in [0, 0.05) is 13.1 Å². The van der Waals surface area contributed by atoms with Crippen molar-refractivity contribution in [1.29, 1.82) is 5.26 Å². The van der Waals surface area contributed by atoms with Gasteiger partial charge in [0.15, 0.2) is 5.82 Å². The average Bonchev–Trinajstić information content (AvgIpc) is 2.89. The van der Waals surface area contributed by atoms with E-state index in [0.717, 1.165) is 11.3 Å². The van der Waals surface area contributed by atoms with Gasteiger partial charge < -0.3 is 10.0 Å². The second-order valence-corrected chi connectivity index (χ2v) is 4.36. The number of likely N-dealkylation sites (N-methyl/N-ethyl adjacent to an activating group) is 1. The Morgan fingerprint density at radius 3 is 2.70 bits per heavy atom. The maximum atomic E-state index is 9.21. The van der Waals surface area contributed by atoms with Crippen molar-refractivity contribution in [2.75, 3.05) is 24.6 Å². The lowest BCUT2D eigenvalue weighted by Crippen LogP contribution is -2.27. The Kier molecular flexibility index (Phi) is 4.33. The van der Waals surface area contributed by atoms with Crippen molar-refractivity contribution < 1.29 is 5.11 Å². The molecule has 0 aliphatic carbocycles. The number of aliphatic hydroxyl groups is 1. The molecular formula is C14H17N5O. The first-order valence-electron chi connectivity index (χ1n) is 6.50. The van der Waals surface area contributed by atoms with E-state index < -0.39 is 0 Å². The number of nitrogens with zero attached hydrogens (tertiary/aromatic N) is 5. The first-order chi connectivity index (χ1) is 9.71. The van der Waals surface area contributed by atoms with E-state index in [9.17, 15) is 5.26 Å². The minimum absolute atomic E-state index is 0.00985. The summed E-state index contributed by atoms with van der Waals surface area (Å²) < 4.78 is 0. The summed E-state index contributed by atoms with van der Waals surface area (Å²) >= 11 is 0. The van der Waals surface area contributed by atoms with E-state index in [0.29, 0.717) is 18.9 Å². The van der Waals surface area contributed by atoms with Crippen LogP contribution in [0.1, 0.15) is 18.2 Å². The van der Waals surface area contributed by atoms with Gasteiger partial charge in [-0.1, -0.05) is 18.2 Å². The van der Waals surface area contributed by atoms with Gasteiger partial charge in [0.1, 0.15) is 6.07 Å². The van der Waals surface area contributed by atoms with Gasteiger partial charge in [0.05, 0.1) is 12.3 Å². The third-order valence-electron chi connectivity index (χ3n) is 3.08. The fourth-order valence-electron chi connectivity index (χ4n) is 2.01. The minimum Gasteiger partial charge on any atom is -0.395 e. The topological polar surface area (TPSA) is 78.0 Å². The summed E-state index contributed by atoms with van der Waals surface area (Å²) in [4.78, 5) is 3.31. The Labute approximate surface area is 117 Å². The summed E-state index contributed by atoms with van der Waals surface area (Å²) in [7, 11) is 0. The van der Waals surface area contributed by atoms with Crippen molar-refractivity contribution in [3.05, 3.63) is 35.5 Å². The second kappa shape index (κ2) is 6.17. The quantitative estimate of drug-likeness (QED) is 0.886. The largest absolute Gasteiger partial charge is 0.395 e. The van der Waals surface area contributed by atoms with Crippen LogP contribution in [-0.2, 0) is 0 Å². The molecule has 6 nitrogen and oxygen atoms in total. The number of aliphatic hydroxyl groups excluding tert-OH is 1. The van der Waals surface area contributed by atoms with Gasteiger partial charge >= 0.3 is 0 Å². The fourth-order valence-corrected chi connectivity index (χ4v) is 2.01. The van der Waals surface area contributed by atoms with E-state index in [1.807, 2.05) is 43.0 Å². The van der Waals surface area contributed by atoms with Crippen LogP contribution >= 0.6 is 0 Å². The molecule has 0 aliphatic rings. The Bertz CT molecular complexity index is 629. The highest BCUT2D eigenvalue weighted by Crippen LogP contribution is 2.18. The van der Waals surface area contributed by atoms with Crippen LogP contribution in [0.4, 0.5) is 5.82 Å². The van der Waals surface area contributed by atoms with E-state index in [1.54, 1.807) is 0 Å². The van der Waals surface area contributed by atoms with Crippen LogP contribution in [0.25, 0.3) is 5.69 Å². The standard InChI is InChI=1S/C14H17N5O/c1-3-18(8-9-20)14-12(10-15)16-19(17-14)13-7-5-4-6-11(13)2/h4-7,20H,3,8-9H2,1-2H3. The normalized spacial score (nSPS) is 10.3. The van der Waals surface area contributed by atoms with Crippen molar-refractivity contribution in [3.63, 3.8) is 0 Å². The molecule has 1 N–H and O–H groups in total. The lowest BCUT2D eigenvalue weighted by Gasteiger charge is -2.18. The van der Waals surface area contributed by atoms with E-state index in [-0.39, 0.29) is 12.3 Å². The number of para-hydroxylation sites is 1. The van der Waals surface area contributed by atoms with Crippen molar-refractivity contribution in [1.82, 2.24) is 15.0 Å². The van der Waals surface area contributed by atoms with Crippen molar-refractivity contribution in [3.8, 4) is 11.8 Å². The Hall–Kier alpha value is -2.39. The molecule has 0 aliphatic heterocycles. The zero-order valence-corrected chi connectivity index (χ0v) is 11.6. The predicted octanol–water partition coefficient (Wildman–Crippen LogP) is 1.27. The maximum Gasteiger partial charge on any atom is 0.207 e. The molecule has 6 heteroatoms. The SMILES string of the molecule is CCN(CCO)c1nn(-c2ccccc2C)nc1C#N. The van der Waals surface area contributed by atoms with E-state index in [2.05, 4.69) is 16.3 Å². The molecule has 1 heterocycles. The van der Waals surface area contributed by atoms with Crippen LogP contribution < -0.4 is 4.90 Å². The molecule has 104 valence electrons. The van der Waals surface area contributed by atoms with Gasteiger partial charge in [0.2, 0.25) is 5.69 Å². The first kappa shape index (κ1) is 14.0. The van der Waals surface area contributed by atoms with Crippen molar-refractivity contribution in [2.24, 2.45) is 0 Å². The highest BCUT2D eigenvalue weighted by atomic mass is 16.3. The van der Waals surface area contributed by atoms with Gasteiger partial charge in [-0.3, -0.25) is 0 Å². The molecule has 0 saturated carbocycles. The van der Waals surface area contributed by atoms with Crippen LogP contribution in [0, 0.1) is 18.3 Å². The van der Waals surface area contributed by atoms with Crippen molar-refractivity contribution in [2.45, 2.75) is 13.8 Å². The molecule has 2 rings (SSSR count). The molecule has 2 aromatic rings. The number of aryl methyl sites for hydroxylation is 1. The number of aromatic nitrogens is 3. The number of benzene rings is 1. The van der Waals surface area contributed by atoms with Crippen LogP contribution in [0.5, 0.6) is 0 Å². The van der Waals surface area contributed by atoms with E-state index in [1.165, 1.54) is 4.80 Å². The zero-order valence-electron chi connectivity index (χ0n) is 11.6. The van der Waals surface area contributed by atoms with Crippen LogP contribution in [-0.4, -0.2) is 39.8 Å². The smallest absolute Gasteiger partial charge is 0.207 e. The molecule has 0 spiro atoms. The Morgan fingerprint density at radius 1 is 1.35 bits per heavy atom. The average molecular weight is 271 g/mol. The molecule has 0 fully saturated rings. The molecule has 0 unspecified atom stereocenters. The fraction of sp³-hybridized carbons (Fsp3) is 0.357. The summed E-state index contributed by atoms with van der Waals surface area (Å²) in [6, 6.07) is 9.78. The lowest BCUT2D eigenvalue weighted by atomic mass is 10.2. The lowest BCUT2D eigenvalue weighted by molar-refractivity contribution is 0.302. The number of hydrogen-bond acceptors (Lipinski definition) is 5. The van der Waals surface area contributed by atoms with E-state index >= 15 is 0 Å². The second-order valence-electron chi connectivity index (χ2n) is 4.36. The summed E-state index contributed by atoms with van der Waals surface area (Å²) in [5.74, 6) is 0.507. The molecule has 0 atom stereocenters. The van der Waals surface area contributed by atoms with E-state index in [4.69, 9.17) is 5.11 Å². The number of anilines is 1. The van der Waals surface area contributed by atoms with Gasteiger partial charge in [-0.2, -0.15) is 5.26 Å². The van der Waals surface area contributed by atoms with Gasteiger partial charge in [-0.25, -0.2) is 0 Å². The highest BCUT2D eigenvalue weighted by Gasteiger charge is 2.17. The monoisotopic (exact) mass is 271 g/mol. The molecule has 0 amide bonds. The summed E-state index contributed by atoms with van der Waals surface area (Å²) in [6.07, 6.45) is 0. The van der Waals surface area contributed by atoms with Crippen LogP contribution in [0.15, 0.2) is 24.3 Å². The Morgan fingerprint density at radius 2 is 2.10 bits per heavy atom. The molecule has 1 aromatic heterocycles. The maximum absolute atomic E-state index is 9.21. The highest BCUT2D eigenvalue weighted by molar-refractivity contribution is 5.50. The zero-order chi connectivity index (χ0) is 14.5. The third kappa shape index (κ3) is 2.63. The summed E-state index contributed by atoms with van der Waals surface area (Å²) in [5.41, 5.74) is 2.14. The third-order valence-corrected chi connectivity index (χ3v) is 3.08. The van der Waals surface area contributed by atoms with Crippen molar-refractivity contribution >= 4 is 5.82 Å². The molecule has 20 heavy (non-hydrogen) atoms. The number of rotatable bonds is 5. The first-order valence-corrected chi connectivity index (χ1v) is 6.50. The van der Waals surface area contributed by atoms with Gasteiger partial charge in [-0.05, 0) is 25.5 Å². The summed E-state index contributed by atoms with van der Waals surface area (Å²) in [5, 5.41) is 26.9. The molecule has 0 bridgehead atoms. The Balaban J connectivity index is 2.46. The summed E-state index contributed by atoms with van der Waals surface area (Å²) in [6.45, 7) is 5.01. The van der Waals surface area contributed by atoms with Gasteiger partial charge in [-0.15, -0.1) is 15.0 Å². The molecule has 1 aromatic carbocycles. The molecular weight excluding hydrogens is 254 g/mol. The molecule has 0 saturated heterocycles.